The molecule has 2 rings (SSSR count). The van der Waals surface area contributed by atoms with Gasteiger partial charge in [-0.05, 0) is 42.8 Å². The van der Waals surface area contributed by atoms with Crippen LogP contribution in [0.1, 0.15) is 12.5 Å². The molecule has 1 heterocycles. The van der Waals surface area contributed by atoms with E-state index in [0.29, 0.717) is 18.9 Å². The minimum Gasteiger partial charge on any atom is -0.494 e. The molecule has 0 fully saturated rings. The molecule has 2 aromatic rings. The van der Waals surface area contributed by atoms with Gasteiger partial charge >= 0.3 is 0 Å². The summed E-state index contributed by atoms with van der Waals surface area (Å²) in [5, 5.41) is 2.77. The van der Waals surface area contributed by atoms with Crippen LogP contribution in [0.2, 0.25) is 0 Å². The van der Waals surface area contributed by atoms with Gasteiger partial charge in [-0.25, -0.2) is 0 Å². The summed E-state index contributed by atoms with van der Waals surface area (Å²) in [6.45, 7) is 2.97. The maximum absolute atomic E-state index is 11.7. The summed E-state index contributed by atoms with van der Waals surface area (Å²) in [7, 11) is 0. The van der Waals surface area contributed by atoms with Crippen LogP contribution in [-0.4, -0.2) is 24.1 Å². The SMILES string of the molecule is CCOc1ccc(OCC(=O)NCc2cccnc2)cc1. The molecule has 1 aromatic heterocycles. The summed E-state index contributed by atoms with van der Waals surface area (Å²) in [5.74, 6) is 1.24. The van der Waals surface area contributed by atoms with Gasteiger partial charge in [0, 0.05) is 18.9 Å². The minimum absolute atomic E-state index is 0.0196. The predicted molar refractivity (Wildman–Crippen MR) is 79.2 cm³/mol. The Morgan fingerprint density at radius 2 is 1.86 bits per heavy atom. The van der Waals surface area contributed by atoms with Gasteiger partial charge in [-0.15, -0.1) is 0 Å². The summed E-state index contributed by atoms with van der Waals surface area (Å²) in [6, 6.07) is 10.9. The molecule has 0 aliphatic carbocycles. The first-order valence-corrected chi connectivity index (χ1v) is 6.79. The van der Waals surface area contributed by atoms with Crippen LogP contribution >= 0.6 is 0 Å². The van der Waals surface area contributed by atoms with Crippen molar-refractivity contribution < 1.29 is 14.3 Å². The van der Waals surface area contributed by atoms with Gasteiger partial charge in [-0.3, -0.25) is 9.78 Å². The number of pyridine rings is 1. The highest BCUT2D eigenvalue weighted by atomic mass is 16.5. The fourth-order valence-electron chi connectivity index (χ4n) is 1.70. The Balaban J connectivity index is 1.73. The number of carbonyl (C=O) groups excluding carboxylic acids is 1. The van der Waals surface area contributed by atoms with Crippen molar-refractivity contribution in [1.29, 1.82) is 0 Å². The van der Waals surface area contributed by atoms with Gasteiger partial charge in [0.1, 0.15) is 11.5 Å². The molecule has 0 spiro atoms. The van der Waals surface area contributed by atoms with E-state index in [1.807, 2.05) is 31.2 Å². The highest BCUT2D eigenvalue weighted by Crippen LogP contribution is 2.17. The molecule has 0 radical (unpaired) electrons. The lowest BCUT2D eigenvalue weighted by Gasteiger charge is -2.08. The van der Waals surface area contributed by atoms with E-state index in [-0.39, 0.29) is 12.5 Å². The maximum Gasteiger partial charge on any atom is 0.258 e. The van der Waals surface area contributed by atoms with Crippen molar-refractivity contribution in [2.24, 2.45) is 0 Å². The monoisotopic (exact) mass is 286 g/mol. The highest BCUT2D eigenvalue weighted by molar-refractivity contribution is 5.77. The number of amides is 1. The average Bonchev–Trinajstić information content (AvgIpc) is 2.53. The maximum atomic E-state index is 11.7. The van der Waals surface area contributed by atoms with Gasteiger partial charge in [0.25, 0.3) is 5.91 Å². The molecule has 1 N–H and O–H groups in total. The number of ether oxygens (including phenoxy) is 2. The highest BCUT2D eigenvalue weighted by Gasteiger charge is 2.03. The van der Waals surface area contributed by atoms with Gasteiger partial charge in [-0.1, -0.05) is 6.07 Å². The van der Waals surface area contributed by atoms with Crippen molar-refractivity contribution >= 4 is 5.91 Å². The van der Waals surface area contributed by atoms with Crippen LogP contribution in [0, 0.1) is 0 Å². The van der Waals surface area contributed by atoms with Crippen LogP contribution in [-0.2, 0) is 11.3 Å². The second-order valence-electron chi connectivity index (χ2n) is 4.33. The van der Waals surface area contributed by atoms with E-state index in [0.717, 1.165) is 11.3 Å². The van der Waals surface area contributed by atoms with Gasteiger partial charge in [0.05, 0.1) is 6.61 Å². The molecule has 1 aromatic carbocycles. The summed E-state index contributed by atoms with van der Waals surface area (Å²) in [6.07, 6.45) is 3.41. The van der Waals surface area contributed by atoms with E-state index in [1.165, 1.54) is 0 Å². The number of rotatable bonds is 7. The number of nitrogens with zero attached hydrogens (tertiary/aromatic N) is 1. The fourth-order valence-corrected chi connectivity index (χ4v) is 1.70. The van der Waals surface area contributed by atoms with Gasteiger partial charge in [-0.2, -0.15) is 0 Å². The van der Waals surface area contributed by atoms with E-state index in [4.69, 9.17) is 9.47 Å². The minimum atomic E-state index is -0.173. The van der Waals surface area contributed by atoms with Crippen LogP contribution in [0.4, 0.5) is 0 Å². The molecule has 110 valence electrons. The molecule has 0 aliphatic rings. The van der Waals surface area contributed by atoms with E-state index < -0.39 is 0 Å². The van der Waals surface area contributed by atoms with Gasteiger partial charge in [0.15, 0.2) is 6.61 Å². The van der Waals surface area contributed by atoms with Crippen LogP contribution < -0.4 is 14.8 Å². The number of nitrogens with one attached hydrogen (secondary N) is 1. The molecule has 0 saturated heterocycles. The first-order chi connectivity index (χ1) is 10.3. The molecule has 0 bridgehead atoms. The third kappa shape index (κ3) is 5.14. The van der Waals surface area contributed by atoms with Gasteiger partial charge in [0.2, 0.25) is 0 Å². The lowest BCUT2D eigenvalue weighted by Crippen LogP contribution is -2.28. The first kappa shape index (κ1) is 14.8. The molecule has 0 unspecified atom stereocenters. The zero-order chi connectivity index (χ0) is 14.9. The standard InChI is InChI=1S/C16H18N2O3/c1-2-20-14-5-7-15(8-6-14)21-12-16(19)18-11-13-4-3-9-17-10-13/h3-10H,2,11-12H2,1H3,(H,18,19). The van der Waals surface area contributed by atoms with E-state index in [2.05, 4.69) is 10.3 Å². The quantitative estimate of drug-likeness (QED) is 0.847. The third-order valence-electron chi connectivity index (χ3n) is 2.72. The number of hydrogen-bond donors (Lipinski definition) is 1. The molecule has 1 amide bonds. The zero-order valence-electron chi connectivity index (χ0n) is 11.9. The van der Waals surface area contributed by atoms with E-state index in [9.17, 15) is 4.79 Å². The number of benzene rings is 1. The second-order valence-corrected chi connectivity index (χ2v) is 4.33. The molecule has 0 aliphatic heterocycles. The molecule has 21 heavy (non-hydrogen) atoms. The smallest absolute Gasteiger partial charge is 0.258 e. The topological polar surface area (TPSA) is 60.5 Å². The number of hydrogen-bond acceptors (Lipinski definition) is 4. The van der Waals surface area contributed by atoms with Crippen molar-refractivity contribution in [2.75, 3.05) is 13.2 Å². The molecule has 0 atom stereocenters. The molecule has 0 saturated carbocycles. The van der Waals surface area contributed by atoms with Gasteiger partial charge < -0.3 is 14.8 Å². The Morgan fingerprint density at radius 3 is 2.48 bits per heavy atom. The first-order valence-electron chi connectivity index (χ1n) is 6.79. The lowest BCUT2D eigenvalue weighted by molar-refractivity contribution is -0.123. The van der Waals surface area contributed by atoms with Crippen molar-refractivity contribution in [3.8, 4) is 11.5 Å². The van der Waals surface area contributed by atoms with E-state index >= 15 is 0 Å². The molecule has 5 nitrogen and oxygen atoms in total. The predicted octanol–water partition coefficient (Wildman–Crippen LogP) is 2.18. The van der Waals surface area contributed by atoms with Crippen LogP contribution in [0.15, 0.2) is 48.8 Å². The summed E-state index contributed by atoms with van der Waals surface area (Å²) in [5.41, 5.74) is 0.951. The Bertz CT molecular complexity index is 555. The zero-order valence-corrected chi connectivity index (χ0v) is 11.9. The Hall–Kier alpha value is -2.56. The fraction of sp³-hybridized carbons (Fsp3) is 0.250. The van der Waals surface area contributed by atoms with Crippen molar-refractivity contribution in [3.05, 3.63) is 54.4 Å². The van der Waals surface area contributed by atoms with Crippen molar-refractivity contribution in [3.63, 3.8) is 0 Å². The Labute approximate surface area is 123 Å². The Morgan fingerprint density at radius 1 is 1.14 bits per heavy atom. The lowest BCUT2D eigenvalue weighted by atomic mass is 10.3. The average molecular weight is 286 g/mol. The third-order valence-corrected chi connectivity index (χ3v) is 2.72. The number of aromatic nitrogens is 1. The summed E-state index contributed by atoms with van der Waals surface area (Å²) < 4.78 is 10.7. The van der Waals surface area contributed by atoms with Crippen LogP contribution in [0.3, 0.4) is 0 Å². The van der Waals surface area contributed by atoms with Crippen molar-refractivity contribution in [1.82, 2.24) is 10.3 Å². The van der Waals surface area contributed by atoms with Crippen molar-refractivity contribution in [2.45, 2.75) is 13.5 Å². The number of carbonyl (C=O) groups is 1. The van der Waals surface area contributed by atoms with Crippen LogP contribution in [0.5, 0.6) is 11.5 Å². The second kappa shape index (κ2) is 7.89. The largest absolute Gasteiger partial charge is 0.494 e. The van der Waals surface area contributed by atoms with E-state index in [1.54, 1.807) is 24.5 Å². The molecular weight excluding hydrogens is 268 g/mol. The normalized spacial score (nSPS) is 9.95. The molecular formula is C16H18N2O3. The molecule has 5 heteroatoms. The summed E-state index contributed by atoms with van der Waals surface area (Å²) in [4.78, 5) is 15.7. The van der Waals surface area contributed by atoms with Crippen LogP contribution in [0.25, 0.3) is 0 Å². The Kier molecular flexibility index (Phi) is 5.58. The summed E-state index contributed by atoms with van der Waals surface area (Å²) >= 11 is 0.